The molecule has 128 valence electrons. The third-order valence-corrected chi connectivity index (χ3v) is 3.54. The highest BCUT2D eigenvalue weighted by atomic mass is 19.1. The molecule has 2 aromatic carbocycles. The maximum Gasteiger partial charge on any atom is 0.334 e. The second kappa shape index (κ2) is 7.08. The van der Waals surface area contributed by atoms with Crippen LogP contribution in [0.2, 0.25) is 0 Å². The van der Waals surface area contributed by atoms with Gasteiger partial charge < -0.3 is 9.47 Å². The first-order chi connectivity index (χ1) is 12.0. The Kier molecular flexibility index (Phi) is 4.69. The predicted molar refractivity (Wildman–Crippen MR) is 85.6 cm³/mol. The fourth-order valence-electron chi connectivity index (χ4n) is 2.26. The average Bonchev–Trinajstić information content (AvgIpc) is 3.10. The zero-order valence-corrected chi connectivity index (χ0v) is 12.9. The fourth-order valence-corrected chi connectivity index (χ4v) is 2.26. The summed E-state index contributed by atoms with van der Waals surface area (Å²) >= 11 is 0. The van der Waals surface area contributed by atoms with Crippen molar-refractivity contribution in [2.24, 2.45) is 4.99 Å². The van der Waals surface area contributed by atoms with Gasteiger partial charge in [0.05, 0.1) is 16.6 Å². The molecular formula is C17H13FN2O5. The zero-order chi connectivity index (χ0) is 17.8. The number of halogens is 1. The van der Waals surface area contributed by atoms with Crippen LogP contribution in [0.25, 0.3) is 0 Å². The summed E-state index contributed by atoms with van der Waals surface area (Å²) in [5.41, 5.74) is 0.419. The molecule has 0 aliphatic carbocycles. The molecule has 1 atom stereocenters. The van der Waals surface area contributed by atoms with Gasteiger partial charge in [0.15, 0.2) is 6.04 Å². The van der Waals surface area contributed by atoms with Gasteiger partial charge in [0.25, 0.3) is 5.69 Å². The maximum atomic E-state index is 14.0. The molecule has 0 N–H and O–H groups in total. The van der Waals surface area contributed by atoms with Gasteiger partial charge in [-0.2, -0.15) is 0 Å². The summed E-state index contributed by atoms with van der Waals surface area (Å²) in [6.45, 7) is 0.0340. The Morgan fingerprint density at radius 2 is 2.08 bits per heavy atom. The van der Waals surface area contributed by atoms with Gasteiger partial charge in [0.1, 0.15) is 19.0 Å². The van der Waals surface area contributed by atoms with E-state index in [0.717, 1.165) is 17.7 Å². The van der Waals surface area contributed by atoms with Crippen molar-refractivity contribution in [3.63, 3.8) is 0 Å². The Morgan fingerprint density at radius 1 is 1.32 bits per heavy atom. The van der Waals surface area contributed by atoms with E-state index in [1.54, 1.807) is 0 Å². The fraction of sp³-hybridized carbons (Fsp3) is 0.176. The van der Waals surface area contributed by atoms with Gasteiger partial charge >= 0.3 is 5.97 Å². The molecule has 2 aromatic rings. The highest BCUT2D eigenvalue weighted by molar-refractivity contribution is 5.98. The lowest BCUT2D eigenvalue weighted by Gasteiger charge is -2.06. The normalized spacial score (nSPS) is 16.0. The molecular weight excluding hydrogens is 331 g/mol. The zero-order valence-electron chi connectivity index (χ0n) is 12.9. The van der Waals surface area contributed by atoms with E-state index in [9.17, 15) is 19.3 Å². The monoisotopic (exact) mass is 344 g/mol. The molecule has 1 aliphatic heterocycles. The Hall–Kier alpha value is -3.29. The number of hydrogen-bond donors (Lipinski definition) is 0. The van der Waals surface area contributed by atoms with Gasteiger partial charge in [0, 0.05) is 6.07 Å². The lowest BCUT2D eigenvalue weighted by molar-refractivity contribution is -0.385. The second-order valence-corrected chi connectivity index (χ2v) is 5.28. The van der Waals surface area contributed by atoms with Gasteiger partial charge in [-0.3, -0.25) is 10.1 Å². The van der Waals surface area contributed by atoms with Crippen molar-refractivity contribution in [2.45, 2.75) is 12.6 Å². The topological polar surface area (TPSA) is 91.0 Å². The number of ether oxygens (including phenoxy) is 2. The maximum absolute atomic E-state index is 14.0. The second-order valence-electron chi connectivity index (χ2n) is 5.28. The van der Waals surface area contributed by atoms with Crippen LogP contribution in [0.4, 0.5) is 10.1 Å². The van der Waals surface area contributed by atoms with Crippen LogP contribution in [0.15, 0.2) is 53.5 Å². The van der Waals surface area contributed by atoms with Crippen molar-refractivity contribution in [2.75, 3.05) is 6.61 Å². The molecule has 0 amide bonds. The standard InChI is InChI=1S/C17H13FN2O5/c18-14-8-12(20(22)23)6-7-13(14)16-19-15(10-24-16)17(21)25-9-11-4-2-1-3-5-11/h1-8,15H,9-10H2/t15-/m0/s1. The first-order valence-electron chi connectivity index (χ1n) is 7.40. The number of benzene rings is 2. The summed E-state index contributed by atoms with van der Waals surface area (Å²) in [6, 6.07) is 11.4. The largest absolute Gasteiger partial charge is 0.474 e. The van der Waals surface area contributed by atoms with E-state index in [2.05, 4.69) is 4.99 Å². The van der Waals surface area contributed by atoms with Crippen LogP contribution in [0.1, 0.15) is 11.1 Å². The van der Waals surface area contributed by atoms with Gasteiger partial charge in [-0.15, -0.1) is 0 Å². The molecule has 0 bridgehead atoms. The quantitative estimate of drug-likeness (QED) is 0.472. The summed E-state index contributed by atoms with van der Waals surface area (Å²) in [6.07, 6.45) is 0. The van der Waals surface area contributed by atoms with Crippen LogP contribution < -0.4 is 0 Å². The summed E-state index contributed by atoms with van der Waals surface area (Å²) in [5, 5.41) is 10.6. The number of nitro benzene ring substituents is 1. The van der Waals surface area contributed by atoms with Crippen LogP contribution in [0, 0.1) is 15.9 Å². The summed E-state index contributed by atoms with van der Waals surface area (Å²) < 4.78 is 24.4. The molecule has 0 fully saturated rings. The number of esters is 1. The molecule has 0 saturated carbocycles. The van der Waals surface area contributed by atoms with Gasteiger partial charge in [0.2, 0.25) is 5.90 Å². The minimum Gasteiger partial charge on any atom is -0.474 e. The van der Waals surface area contributed by atoms with Crippen LogP contribution in [0.5, 0.6) is 0 Å². The third kappa shape index (κ3) is 3.79. The van der Waals surface area contributed by atoms with Crippen molar-refractivity contribution < 1.29 is 23.6 Å². The Morgan fingerprint density at radius 3 is 2.76 bits per heavy atom. The smallest absolute Gasteiger partial charge is 0.334 e. The van der Waals surface area contributed by atoms with E-state index in [1.807, 2.05) is 30.3 Å². The molecule has 7 nitrogen and oxygen atoms in total. The van der Waals surface area contributed by atoms with E-state index in [-0.39, 0.29) is 30.4 Å². The van der Waals surface area contributed by atoms with Crippen LogP contribution in [-0.4, -0.2) is 29.4 Å². The Balaban J connectivity index is 1.67. The third-order valence-electron chi connectivity index (χ3n) is 3.54. The highest BCUT2D eigenvalue weighted by Crippen LogP contribution is 2.21. The summed E-state index contributed by atoms with van der Waals surface area (Å²) in [7, 11) is 0. The molecule has 0 unspecified atom stereocenters. The molecule has 1 heterocycles. The van der Waals surface area contributed by atoms with E-state index < -0.39 is 22.8 Å². The number of hydrogen-bond acceptors (Lipinski definition) is 6. The molecule has 1 aliphatic rings. The lowest BCUT2D eigenvalue weighted by atomic mass is 10.2. The molecule has 0 aromatic heterocycles. The molecule has 3 rings (SSSR count). The number of rotatable bonds is 5. The Bertz CT molecular complexity index is 838. The number of carbonyl (C=O) groups is 1. The van der Waals surface area contributed by atoms with E-state index in [0.29, 0.717) is 0 Å². The van der Waals surface area contributed by atoms with Crippen molar-refractivity contribution in [1.29, 1.82) is 0 Å². The van der Waals surface area contributed by atoms with Crippen LogP contribution in [-0.2, 0) is 20.9 Å². The molecule has 0 spiro atoms. The summed E-state index contributed by atoms with van der Waals surface area (Å²) in [5.74, 6) is -1.50. The predicted octanol–water partition coefficient (Wildman–Crippen LogP) is 2.62. The van der Waals surface area contributed by atoms with Crippen LogP contribution >= 0.6 is 0 Å². The lowest BCUT2D eigenvalue weighted by Crippen LogP contribution is -2.22. The van der Waals surface area contributed by atoms with Gasteiger partial charge in [-0.05, 0) is 11.6 Å². The van der Waals surface area contributed by atoms with E-state index in [1.165, 1.54) is 6.07 Å². The minimum absolute atomic E-state index is 0.0380. The number of carbonyl (C=O) groups excluding carboxylic acids is 1. The van der Waals surface area contributed by atoms with Crippen molar-refractivity contribution in [3.8, 4) is 0 Å². The first kappa shape index (κ1) is 16.6. The SMILES string of the molecule is O=C(OCc1ccccc1)[C@@H]1COC(c2ccc([N+](=O)[O-])cc2F)=N1. The number of nitro groups is 1. The highest BCUT2D eigenvalue weighted by Gasteiger charge is 2.29. The van der Waals surface area contributed by atoms with Crippen molar-refractivity contribution in [3.05, 3.63) is 75.6 Å². The number of non-ortho nitro benzene ring substituents is 1. The average molecular weight is 344 g/mol. The summed E-state index contributed by atoms with van der Waals surface area (Å²) in [4.78, 5) is 26.0. The first-order valence-corrected chi connectivity index (χ1v) is 7.40. The van der Waals surface area contributed by atoms with Gasteiger partial charge in [-0.1, -0.05) is 30.3 Å². The van der Waals surface area contributed by atoms with E-state index >= 15 is 0 Å². The Labute approximate surface area is 141 Å². The van der Waals surface area contributed by atoms with Crippen molar-refractivity contribution >= 4 is 17.6 Å². The number of nitrogens with zero attached hydrogens (tertiary/aromatic N) is 2. The molecule has 8 heteroatoms. The van der Waals surface area contributed by atoms with Gasteiger partial charge in [-0.25, -0.2) is 14.2 Å². The molecule has 0 radical (unpaired) electrons. The van der Waals surface area contributed by atoms with Crippen molar-refractivity contribution in [1.82, 2.24) is 0 Å². The number of aliphatic imine (C=N–C) groups is 1. The minimum atomic E-state index is -0.895. The molecule has 0 saturated heterocycles. The van der Waals surface area contributed by atoms with E-state index in [4.69, 9.17) is 9.47 Å². The van der Waals surface area contributed by atoms with Crippen LogP contribution in [0.3, 0.4) is 0 Å². The molecule has 25 heavy (non-hydrogen) atoms.